The van der Waals surface area contributed by atoms with Crippen molar-refractivity contribution in [3.63, 3.8) is 0 Å². The lowest BCUT2D eigenvalue weighted by Gasteiger charge is -2.24. The maximum atomic E-state index is 14.0. The average molecular weight is 442 g/mol. The first-order chi connectivity index (χ1) is 15.7. The van der Waals surface area contributed by atoms with Gasteiger partial charge in [-0.1, -0.05) is 43.5 Å². The Morgan fingerprint density at radius 1 is 1.09 bits per heavy atom. The molecule has 0 radical (unpaired) electrons. The Labute approximate surface area is 191 Å². The van der Waals surface area contributed by atoms with Gasteiger partial charge in [-0.3, -0.25) is 9.80 Å². The van der Waals surface area contributed by atoms with Crippen LogP contribution in [0.2, 0.25) is 0 Å². The van der Waals surface area contributed by atoms with E-state index in [1.807, 2.05) is 6.07 Å². The first kappa shape index (κ1) is 21.9. The number of benzene rings is 1. The predicted octanol–water partition coefficient (Wildman–Crippen LogP) is 4.61. The lowest BCUT2D eigenvalue weighted by molar-refractivity contribution is 0.0646. The Morgan fingerprint density at radius 3 is 2.88 bits per heavy atom. The van der Waals surface area contributed by atoms with E-state index in [1.165, 1.54) is 51.0 Å². The minimum atomic E-state index is -0.311. The summed E-state index contributed by atoms with van der Waals surface area (Å²) in [5.74, 6) is 0.463. The molecule has 1 saturated heterocycles. The second kappa shape index (κ2) is 9.92. The highest BCUT2D eigenvalue weighted by molar-refractivity contribution is 5.69. The van der Waals surface area contributed by atoms with E-state index < -0.39 is 0 Å². The third-order valence-corrected chi connectivity index (χ3v) is 7.60. The first-order valence-corrected chi connectivity index (χ1v) is 12.5. The van der Waals surface area contributed by atoms with Gasteiger partial charge in [-0.2, -0.15) is 0 Å². The number of allylic oxidation sites excluding steroid dienone is 1. The van der Waals surface area contributed by atoms with Crippen LogP contribution in [-0.2, 0) is 17.8 Å². The lowest BCUT2D eigenvalue weighted by Crippen LogP contribution is -2.39. The van der Waals surface area contributed by atoms with Gasteiger partial charge < -0.3 is 10.1 Å². The molecule has 2 fully saturated rings. The van der Waals surface area contributed by atoms with Crippen molar-refractivity contribution in [2.75, 3.05) is 19.6 Å². The van der Waals surface area contributed by atoms with E-state index in [0.29, 0.717) is 36.7 Å². The Balaban J connectivity index is 1.16. The Bertz CT molecular complexity index is 844. The van der Waals surface area contributed by atoms with Crippen LogP contribution < -0.4 is 5.32 Å². The molecule has 5 rings (SSSR count). The van der Waals surface area contributed by atoms with Crippen molar-refractivity contribution >= 4 is 6.09 Å². The van der Waals surface area contributed by atoms with E-state index in [1.54, 1.807) is 11.0 Å². The van der Waals surface area contributed by atoms with E-state index in [-0.39, 0.29) is 18.0 Å². The van der Waals surface area contributed by atoms with Crippen molar-refractivity contribution in [1.29, 1.82) is 0 Å². The zero-order valence-electron chi connectivity index (χ0n) is 19.0. The summed E-state index contributed by atoms with van der Waals surface area (Å²) in [6, 6.07) is 6.08. The molecule has 5 nitrogen and oxygen atoms in total. The van der Waals surface area contributed by atoms with E-state index in [4.69, 9.17) is 4.74 Å². The summed E-state index contributed by atoms with van der Waals surface area (Å²) in [5.41, 5.74) is 1.51. The number of hydrogen-bond donors (Lipinski definition) is 1. The van der Waals surface area contributed by atoms with Gasteiger partial charge in [0.1, 0.15) is 11.9 Å². The molecule has 4 unspecified atom stereocenters. The van der Waals surface area contributed by atoms with Crippen LogP contribution in [0.3, 0.4) is 0 Å². The van der Waals surface area contributed by atoms with Crippen LogP contribution in [0.4, 0.5) is 9.18 Å². The summed E-state index contributed by atoms with van der Waals surface area (Å²) >= 11 is 0. The Hall–Kier alpha value is -1.92. The van der Waals surface area contributed by atoms with Crippen molar-refractivity contribution in [3.05, 3.63) is 47.3 Å². The maximum absolute atomic E-state index is 14.0. The highest BCUT2D eigenvalue weighted by Gasteiger charge is 2.39. The zero-order chi connectivity index (χ0) is 21.9. The monoisotopic (exact) mass is 441 g/mol. The molecule has 1 amide bonds. The number of nitrogens with one attached hydrogen (secondary N) is 1. The number of carbonyl (C=O) groups excluding carboxylic acids is 1. The van der Waals surface area contributed by atoms with Gasteiger partial charge in [-0.15, -0.1) is 0 Å². The Morgan fingerprint density at radius 2 is 1.97 bits per heavy atom. The molecule has 1 N–H and O–H groups in total. The highest BCUT2D eigenvalue weighted by atomic mass is 19.1. The SMILES string of the molecule is O=C(OC1CC2CNC3CC3/C=C\CCCCCCCN2C1)N1Cc2cccc(F)c2C1. The number of carbonyl (C=O) groups is 1. The van der Waals surface area contributed by atoms with Crippen LogP contribution in [0.5, 0.6) is 0 Å². The minimum absolute atomic E-state index is 0.0864. The molecule has 1 aromatic carbocycles. The molecule has 4 aliphatic rings. The number of fused-ring (bicyclic) bond motifs is 3. The van der Waals surface area contributed by atoms with Crippen molar-refractivity contribution in [3.8, 4) is 0 Å². The first-order valence-electron chi connectivity index (χ1n) is 12.5. The molecule has 0 bridgehead atoms. The number of ether oxygens (including phenoxy) is 1. The molecule has 1 aliphatic carbocycles. The number of amides is 1. The van der Waals surface area contributed by atoms with Crippen LogP contribution >= 0.6 is 0 Å². The normalized spacial score (nSPS) is 32.2. The van der Waals surface area contributed by atoms with Crippen molar-refractivity contribution in [1.82, 2.24) is 15.1 Å². The third kappa shape index (κ3) is 5.18. The second-order valence-corrected chi connectivity index (χ2v) is 10.0. The van der Waals surface area contributed by atoms with Gasteiger partial charge in [0.15, 0.2) is 0 Å². The third-order valence-electron chi connectivity index (χ3n) is 7.60. The van der Waals surface area contributed by atoms with Crippen molar-refractivity contribution in [2.24, 2.45) is 5.92 Å². The van der Waals surface area contributed by atoms with Crippen molar-refractivity contribution in [2.45, 2.75) is 82.6 Å². The van der Waals surface area contributed by atoms with E-state index in [9.17, 15) is 9.18 Å². The molecular formula is C26H36FN3O2. The summed E-state index contributed by atoms with van der Waals surface area (Å²) in [6.45, 7) is 3.58. The van der Waals surface area contributed by atoms with Gasteiger partial charge in [0.25, 0.3) is 0 Å². The van der Waals surface area contributed by atoms with Crippen LogP contribution in [0.25, 0.3) is 0 Å². The van der Waals surface area contributed by atoms with Gasteiger partial charge >= 0.3 is 6.09 Å². The quantitative estimate of drug-likeness (QED) is 0.647. The maximum Gasteiger partial charge on any atom is 0.410 e. The van der Waals surface area contributed by atoms with E-state index in [2.05, 4.69) is 22.4 Å². The molecule has 3 heterocycles. The van der Waals surface area contributed by atoms with Gasteiger partial charge in [0.2, 0.25) is 0 Å². The standard InChI is InChI=1S/C26H36FN3O2/c27-24-11-8-10-20-16-30(18-23(20)24)26(31)32-22-14-21-15-28-25-13-19(25)9-6-4-2-1-3-5-7-12-29(21)17-22/h6,8-11,19,21-22,25,28H,1-5,7,12-18H2/b9-6-. The highest BCUT2D eigenvalue weighted by Crippen LogP contribution is 2.33. The average Bonchev–Trinajstić information content (AvgIpc) is 3.18. The lowest BCUT2D eigenvalue weighted by atomic mass is 10.1. The topological polar surface area (TPSA) is 44.8 Å². The largest absolute Gasteiger partial charge is 0.445 e. The summed E-state index contributed by atoms with van der Waals surface area (Å²) in [7, 11) is 0. The van der Waals surface area contributed by atoms with Crippen LogP contribution in [0, 0.1) is 11.7 Å². The van der Waals surface area contributed by atoms with Gasteiger partial charge in [-0.05, 0) is 49.8 Å². The number of nitrogens with zero attached hydrogens (tertiary/aromatic N) is 2. The molecule has 0 aromatic heterocycles. The molecule has 0 spiro atoms. The summed E-state index contributed by atoms with van der Waals surface area (Å²) in [4.78, 5) is 17.0. The summed E-state index contributed by atoms with van der Waals surface area (Å²) < 4.78 is 20.0. The molecule has 1 saturated carbocycles. The zero-order valence-corrected chi connectivity index (χ0v) is 19.0. The number of rotatable bonds is 1. The molecule has 174 valence electrons. The smallest absolute Gasteiger partial charge is 0.410 e. The van der Waals surface area contributed by atoms with Gasteiger partial charge in [-0.25, -0.2) is 9.18 Å². The fourth-order valence-corrected chi connectivity index (χ4v) is 5.56. The van der Waals surface area contributed by atoms with Crippen LogP contribution in [-0.4, -0.2) is 53.7 Å². The van der Waals surface area contributed by atoms with Crippen LogP contribution in [0.15, 0.2) is 30.4 Å². The molecule has 32 heavy (non-hydrogen) atoms. The number of hydrogen-bond acceptors (Lipinski definition) is 4. The molecule has 4 atom stereocenters. The molecule has 3 aliphatic heterocycles. The number of halogens is 1. The summed E-state index contributed by atoms with van der Waals surface area (Å²) in [5, 5.41) is 3.76. The fourth-order valence-electron chi connectivity index (χ4n) is 5.56. The predicted molar refractivity (Wildman–Crippen MR) is 123 cm³/mol. The summed E-state index contributed by atoms with van der Waals surface area (Å²) in [6.07, 6.45) is 14.1. The molecule has 6 heteroatoms. The fraction of sp³-hybridized carbons (Fsp3) is 0.654. The second-order valence-electron chi connectivity index (χ2n) is 10.0. The minimum Gasteiger partial charge on any atom is -0.445 e. The van der Waals surface area contributed by atoms with Gasteiger partial charge in [0.05, 0.1) is 6.54 Å². The van der Waals surface area contributed by atoms with Crippen molar-refractivity contribution < 1.29 is 13.9 Å². The van der Waals surface area contributed by atoms with E-state index >= 15 is 0 Å². The molecular weight excluding hydrogens is 405 g/mol. The van der Waals surface area contributed by atoms with Crippen LogP contribution in [0.1, 0.15) is 62.5 Å². The van der Waals surface area contributed by atoms with E-state index in [0.717, 1.165) is 31.6 Å². The van der Waals surface area contributed by atoms with Gasteiger partial charge in [0, 0.05) is 43.7 Å². The Kier molecular flexibility index (Phi) is 6.79. The molecule has 1 aromatic rings.